The topological polar surface area (TPSA) is 85.3 Å². The molecule has 3 rings (SSSR count). The lowest BCUT2D eigenvalue weighted by molar-refractivity contribution is -0.134. The Morgan fingerprint density at radius 2 is 1.96 bits per heavy atom. The minimum Gasteiger partial charge on any atom is -0.341 e. The minimum absolute atomic E-state index is 0. The second kappa shape index (κ2) is 9.53. The Balaban J connectivity index is 0.00000225. The Hall–Kier alpha value is -1.14. The van der Waals surface area contributed by atoms with Gasteiger partial charge in [0, 0.05) is 25.4 Å². The van der Waals surface area contributed by atoms with Gasteiger partial charge in [0.2, 0.25) is 11.8 Å². The Kier molecular flexibility index (Phi) is 7.69. The van der Waals surface area contributed by atoms with Crippen LogP contribution in [0.4, 0.5) is 0 Å². The van der Waals surface area contributed by atoms with Crippen LogP contribution in [0.3, 0.4) is 0 Å². The molecule has 0 aromatic carbocycles. The first-order valence-corrected chi connectivity index (χ1v) is 9.50. The van der Waals surface area contributed by atoms with Crippen molar-refractivity contribution in [1.29, 1.82) is 0 Å². The predicted octanol–water partition coefficient (Wildman–Crippen LogP) is 3.06. The van der Waals surface area contributed by atoms with E-state index in [1.807, 2.05) is 4.90 Å². The van der Waals surface area contributed by atoms with Crippen molar-refractivity contribution in [3.05, 3.63) is 11.7 Å². The number of hydrogen-bond acceptors (Lipinski definition) is 5. The highest BCUT2D eigenvalue weighted by Crippen LogP contribution is 2.30. The molecule has 142 valence electrons. The Morgan fingerprint density at radius 1 is 1.24 bits per heavy atom. The van der Waals surface area contributed by atoms with Crippen LogP contribution in [0.25, 0.3) is 0 Å². The second-order valence-corrected chi connectivity index (χ2v) is 7.52. The molecule has 1 aromatic rings. The molecule has 1 saturated carbocycles. The predicted molar refractivity (Wildman–Crippen MR) is 98.6 cm³/mol. The van der Waals surface area contributed by atoms with Crippen molar-refractivity contribution in [3.8, 4) is 0 Å². The van der Waals surface area contributed by atoms with Crippen LogP contribution in [0.1, 0.15) is 75.9 Å². The van der Waals surface area contributed by atoms with E-state index in [9.17, 15) is 4.79 Å². The fourth-order valence-electron chi connectivity index (χ4n) is 4.02. The molecular weight excluding hydrogens is 340 g/mol. The van der Waals surface area contributed by atoms with Gasteiger partial charge in [0.15, 0.2) is 5.82 Å². The molecule has 25 heavy (non-hydrogen) atoms. The van der Waals surface area contributed by atoms with Crippen LogP contribution in [0.2, 0.25) is 0 Å². The fraction of sp³-hybridized carbons (Fsp3) is 0.833. The third-order valence-electron chi connectivity index (χ3n) is 5.39. The van der Waals surface area contributed by atoms with E-state index in [2.05, 4.69) is 10.1 Å². The van der Waals surface area contributed by atoms with Crippen LogP contribution in [-0.4, -0.2) is 40.1 Å². The summed E-state index contributed by atoms with van der Waals surface area (Å²) >= 11 is 0. The molecular formula is C18H31ClN4O2. The first-order valence-electron chi connectivity index (χ1n) is 9.50. The highest BCUT2D eigenvalue weighted by Gasteiger charge is 2.27. The average molecular weight is 371 g/mol. The van der Waals surface area contributed by atoms with Gasteiger partial charge >= 0.3 is 0 Å². The minimum atomic E-state index is -0.422. The number of carbonyl (C=O) groups is 1. The zero-order valence-electron chi connectivity index (χ0n) is 15.2. The lowest BCUT2D eigenvalue weighted by Crippen LogP contribution is -2.47. The third kappa shape index (κ3) is 5.42. The van der Waals surface area contributed by atoms with Gasteiger partial charge in [-0.1, -0.05) is 30.8 Å². The average Bonchev–Trinajstić information content (AvgIpc) is 2.87. The molecule has 2 N–H and O–H groups in total. The van der Waals surface area contributed by atoms with E-state index in [1.54, 1.807) is 6.92 Å². The number of piperidine rings is 1. The summed E-state index contributed by atoms with van der Waals surface area (Å²) in [5.41, 5.74) is 5.73. The van der Waals surface area contributed by atoms with Crippen molar-refractivity contribution >= 4 is 18.3 Å². The van der Waals surface area contributed by atoms with E-state index < -0.39 is 6.04 Å². The summed E-state index contributed by atoms with van der Waals surface area (Å²) in [5.74, 6) is 2.53. The van der Waals surface area contributed by atoms with Gasteiger partial charge in [-0.15, -0.1) is 12.4 Å². The van der Waals surface area contributed by atoms with Gasteiger partial charge < -0.3 is 15.2 Å². The Bertz CT molecular complexity index is 541. The van der Waals surface area contributed by atoms with E-state index >= 15 is 0 Å². The summed E-state index contributed by atoms with van der Waals surface area (Å²) in [6.45, 7) is 3.32. The quantitative estimate of drug-likeness (QED) is 0.823. The van der Waals surface area contributed by atoms with Crippen LogP contribution in [0.5, 0.6) is 0 Å². The number of nitrogens with zero attached hydrogens (tertiary/aromatic N) is 3. The van der Waals surface area contributed by atoms with E-state index in [-0.39, 0.29) is 18.3 Å². The first-order chi connectivity index (χ1) is 11.6. The summed E-state index contributed by atoms with van der Waals surface area (Å²) < 4.78 is 5.52. The standard InChI is InChI=1S/C18H30N4O2.ClH/c1-13(19)18(23)22-10-6-7-14(12-22)11-16-20-17(21-24-16)15-8-4-2-3-5-9-15;/h13-15H,2-12,19H2,1H3;1H/t13-,14?;/m1./s1. The molecule has 2 atom stereocenters. The highest BCUT2D eigenvalue weighted by atomic mass is 35.5. The number of nitrogens with two attached hydrogens (primary N) is 1. The summed E-state index contributed by atoms with van der Waals surface area (Å²) in [6.07, 6.45) is 10.4. The number of carbonyl (C=O) groups excluding carboxylic acids is 1. The van der Waals surface area contributed by atoms with Crippen molar-refractivity contribution < 1.29 is 9.32 Å². The molecule has 0 bridgehead atoms. The molecule has 2 aliphatic rings. The normalized spacial score (nSPS) is 23.6. The molecule has 2 fully saturated rings. The van der Waals surface area contributed by atoms with Crippen molar-refractivity contribution in [2.24, 2.45) is 11.7 Å². The Labute approximate surface area is 156 Å². The van der Waals surface area contributed by atoms with Gasteiger partial charge in [-0.05, 0) is 38.5 Å². The maximum absolute atomic E-state index is 12.1. The van der Waals surface area contributed by atoms with Crippen LogP contribution >= 0.6 is 12.4 Å². The summed E-state index contributed by atoms with van der Waals surface area (Å²) in [6, 6.07) is -0.422. The molecule has 0 spiro atoms. The maximum atomic E-state index is 12.1. The smallest absolute Gasteiger partial charge is 0.239 e. The molecule has 1 saturated heterocycles. The van der Waals surface area contributed by atoms with Gasteiger partial charge in [-0.3, -0.25) is 4.79 Å². The summed E-state index contributed by atoms with van der Waals surface area (Å²) in [5, 5.41) is 4.24. The van der Waals surface area contributed by atoms with E-state index in [0.717, 1.165) is 44.1 Å². The molecule has 1 amide bonds. The maximum Gasteiger partial charge on any atom is 0.239 e. The fourth-order valence-corrected chi connectivity index (χ4v) is 4.02. The second-order valence-electron chi connectivity index (χ2n) is 7.52. The molecule has 0 radical (unpaired) electrons. The number of halogens is 1. The monoisotopic (exact) mass is 370 g/mol. The molecule has 7 heteroatoms. The summed E-state index contributed by atoms with van der Waals surface area (Å²) in [4.78, 5) is 18.6. The van der Waals surface area contributed by atoms with E-state index in [0.29, 0.717) is 11.8 Å². The van der Waals surface area contributed by atoms with Crippen molar-refractivity contribution in [2.45, 2.75) is 76.7 Å². The molecule has 1 aliphatic heterocycles. The molecule has 1 unspecified atom stereocenters. The van der Waals surface area contributed by atoms with Crippen LogP contribution in [0.15, 0.2) is 4.52 Å². The van der Waals surface area contributed by atoms with Gasteiger partial charge in [0.05, 0.1) is 6.04 Å². The van der Waals surface area contributed by atoms with Crippen molar-refractivity contribution in [3.63, 3.8) is 0 Å². The zero-order chi connectivity index (χ0) is 16.9. The van der Waals surface area contributed by atoms with Gasteiger partial charge in [0.25, 0.3) is 0 Å². The van der Waals surface area contributed by atoms with Crippen molar-refractivity contribution in [1.82, 2.24) is 15.0 Å². The lowest BCUT2D eigenvalue weighted by Gasteiger charge is -2.33. The van der Waals surface area contributed by atoms with Gasteiger partial charge in [-0.25, -0.2) is 0 Å². The SMILES string of the molecule is C[C@@H](N)C(=O)N1CCCC(Cc2nc(C3CCCCCC3)no2)C1.Cl. The molecule has 6 nitrogen and oxygen atoms in total. The number of rotatable bonds is 4. The lowest BCUT2D eigenvalue weighted by atomic mass is 9.94. The number of amides is 1. The van der Waals surface area contributed by atoms with Gasteiger partial charge in [0.1, 0.15) is 0 Å². The first kappa shape index (κ1) is 20.2. The molecule has 1 aromatic heterocycles. The van der Waals surface area contributed by atoms with Crippen LogP contribution in [0, 0.1) is 5.92 Å². The molecule has 2 heterocycles. The number of aromatic nitrogens is 2. The van der Waals surface area contributed by atoms with Gasteiger partial charge in [-0.2, -0.15) is 4.98 Å². The van der Waals surface area contributed by atoms with Crippen molar-refractivity contribution in [2.75, 3.05) is 13.1 Å². The van der Waals surface area contributed by atoms with E-state index in [4.69, 9.17) is 10.3 Å². The Morgan fingerprint density at radius 3 is 2.64 bits per heavy atom. The number of hydrogen-bond donors (Lipinski definition) is 1. The largest absolute Gasteiger partial charge is 0.341 e. The number of likely N-dealkylation sites (tertiary alicyclic amines) is 1. The zero-order valence-corrected chi connectivity index (χ0v) is 16.0. The van der Waals surface area contributed by atoms with E-state index in [1.165, 1.54) is 38.5 Å². The molecule has 1 aliphatic carbocycles. The highest BCUT2D eigenvalue weighted by molar-refractivity contribution is 5.85. The van der Waals surface area contributed by atoms with Crippen LogP contribution in [-0.2, 0) is 11.2 Å². The summed E-state index contributed by atoms with van der Waals surface area (Å²) in [7, 11) is 0. The van der Waals surface area contributed by atoms with Crippen LogP contribution < -0.4 is 5.73 Å². The third-order valence-corrected chi connectivity index (χ3v) is 5.39.